The Morgan fingerprint density at radius 2 is 1.73 bits per heavy atom. The van der Waals surface area contributed by atoms with Crippen LogP contribution in [0.5, 0.6) is 0 Å². The number of anilines is 3. The van der Waals surface area contributed by atoms with Crippen molar-refractivity contribution in [3.05, 3.63) is 35.5 Å². The lowest BCUT2D eigenvalue weighted by atomic mass is 10.1. The highest BCUT2D eigenvalue weighted by Gasteiger charge is 2.23. The first-order chi connectivity index (χ1) is 14.1. The number of aromatic nitrogens is 2. The highest BCUT2D eigenvalue weighted by molar-refractivity contribution is 7.92. The summed E-state index contributed by atoms with van der Waals surface area (Å²) >= 11 is 5.98. The normalized spacial score (nSPS) is 15.0. The summed E-state index contributed by atoms with van der Waals surface area (Å²) in [5, 5.41) is 2.62. The fourth-order valence-corrected chi connectivity index (χ4v) is 4.44. The minimum absolute atomic E-state index is 0.0473. The third kappa shape index (κ3) is 6.55. The Labute approximate surface area is 185 Å². The maximum atomic E-state index is 12.4. The van der Waals surface area contributed by atoms with E-state index in [1.807, 2.05) is 0 Å². The number of para-hydroxylation sites is 1. The van der Waals surface area contributed by atoms with E-state index in [-0.39, 0.29) is 21.7 Å². The molecule has 7 nitrogen and oxygen atoms in total. The predicted molar refractivity (Wildman–Crippen MR) is 124 cm³/mol. The van der Waals surface area contributed by atoms with Crippen LogP contribution in [-0.2, 0) is 9.84 Å². The number of nitrogen functional groups attached to an aromatic ring is 1. The van der Waals surface area contributed by atoms with Crippen molar-refractivity contribution in [2.45, 2.75) is 63.1 Å². The predicted octanol–water partition coefficient (Wildman–Crippen LogP) is 4.52. The molecule has 0 bridgehead atoms. The Bertz CT molecular complexity index is 929. The van der Waals surface area contributed by atoms with Gasteiger partial charge >= 0.3 is 0 Å². The van der Waals surface area contributed by atoms with Gasteiger partial charge in [0.2, 0.25) is 5.95 Å². The van der Waals surface area contributed by atoms with Crippen molar-refractivity contribution in [3.8, 4) is 0 Å². The molecule has 1 aromatic carbocycles. The smallest absolute Gasteiger partial charge is 0.222 e. The average molecular weight is 454 g/mol. The number of benzene rings is 1. The van der Waals surface area contributed by atoms with E-state index < -0.39 is 15.1 Å². The van der Waals surface area contributed by atoms with Crippen molar-refractivity contribution < 1.29 is 8.42 Å². The molecule has 1 aliphatic rings. The molecule has 0 spiro atoms. The number of hydrogen-bond donors (Lipinski definition) is 2. The zero-order valence-corrected chi connectivity index (χ0v) is 19.7. The van der Waals surface area contributed by atoms with Gasteiger partial charge in [0, 0.05) is 6.04 Å². The summed E-state index contributed by atoms with van der Waals surface area (Å²) in [6.45, 7) is 10.5. The standard InChI is InChI=1S/C13H15ClN4O2S.C8H17N/c1-8(2)21(19,20)11-6-4-3-5-10(11)17-12-9(14)7-16-13(15)18-12;1-8(2)9-6-4-3-5-7-9/h3-8H,1-2H3,(H3,15,16,17,18);8H,3-7H2,1-2H3. The van der Waals surface area contributed by atoms with Crippen LogP contribution in [0.2, 0.25) is 5.02 Å². The van der Waals surface area contributed by atoms with Gasteiger partial charge in [-0.05, 0) is 65.8 Å². The fraction of sp³-hybridized carbons (Fsp3) is 0.524. The quantitative estimate of drug-likeness (QED) is 0.686. The molecule has 0 amide bonds. The molecule has 0 unspecified atom stereocenters. The van der Waals surface area contributed by atoms with Crippen molar-refractivity contribution in [3.63, 3.8) is 0 Å². The molecule has 2 heterocycles. The SMILES string of the molecule is CC(C)N1CCCCC1.CC(C)S(=O)(=O)c1ccccc1Nc1nc(N)ncc1Cl. The van der Waals surface area contributed by atoms with Gasteiger partial charge < -0.3 is 16.0 Å². The van der Waals surface area contributed by atoms with Crippen LogP contribution in [0.1, 0.15) is 47.0 Å². The molecule has 3 N–H and O–H groups in total. The molecule has 0 aliphatic carbocycles. The van der Waals surface area contributed by atoms with Gasteiger partial charge in [-0.25, -0.2) is 13.4 Å². The monoisotopic (exact) mass is 453 g/mol. The topological polar surface area (TPSA) is 101 Å². The van der Waals surface area contributed by atoms with Gasteiger partial charge in [-0.1, -0.05) is 30.2 Å². The van der Waals surface area contributed by atoms with Crippen molar-refractivity contribution in [2.24, 2.45) is 0 Å². The Morgan fingerprint density at radius 1 is 1.10 bits per heavy atom. The molecule has 166 valence electrons. The number of nitrogens with two attached hydrogens (primary N) is 1. The molecule has 1 saturated heterocycles. The van der Waals surface area contributed by atoms with Gasteiger partial charge in [-0.3, -0.25) is 0 Å². The number of likely N-dealkylation sites (tertiary alicyclic amines) is 1. The Balaban J connectivity index is 0.000000297. The molecule has 0 saturated carbocycles. The molecule has 30 heavy (non-hydrogen) atoms. The maximum Gasteiger partial charge on any atom is 0.222 e. The minimum Gasteiger partial charge on any atom is -0.368 e. The van der Waals surface area contributed by atoms with Crippen molar-refractivity contribution >= 4 is 38.9 Å². The molecule has 1 aliphatic heterocycles. The third-order valence-electron chi connectivity index (χ3n) is 4.95. The van der Waals surface area contributed by atoms with Crippen LogP contribution in [0.3, 0.4) is 0 Å². The molecule has 3 rings (SSSR count). The first kappa shape index (κ1) is 24.4. The zero-order chi connectivity index (χ0) is 22.3. The van der Waals surface area contributed by atoms with E-state index in [0.29, 0.717) is 5.69 Å². The first-order valence-corrected chi connectivity index (χ1v) is 12.2. The highest BCUT2D eigenvalue weighted by Crippen LogP contribution is 2.29. The second kappa shape index (κ2) is 10.9. The van der Waals surface area contributed by atoms with E-state index in [0.717, 1.165) is 6.04 Å². The van der Waals surface area contributed by atoms with E-state index in [9.17, 15) is 8.42 Å². The summed E-state index contributed by atoms with van der Waals surface area (Å²) < 4.78 is 24.7. The molecular formula is C21H32ClN5O2S. The Morgan fingerprint density at radius 3 is 2.30 bits per heavy atom. The molecular weight excluding hydrogens is 422 g/mol. The second-order valence-electron chi connectivity index (χ2n) is 7.83. The van der Waals surface area contributed by atoms with Crippen LogP contribution in [-0.4, -0.2) is 47.7 Å². The number of hydrogen-bond acceptors (Lipinski definition) is 7. The van der Waals surface area contributed by atoms with Gasteiger partial charge in [-0.15, -0.1) is 0 Å². The number of nitrogens with one attached hydrogen (secondary N) is 1. The fourth-order valence-electron chi connectivity index (χ4n) is 3.10. The van der Waals surface area contributed by atoms with E-state index in [2.05, 4.69) is 34.0 Å². The third-order valence-corrected chi connectivity index (χ3v) is 7.44. The second-order valence-corrected chi connectivity index (χ2v) is 10.7. The van der Waals surface area contributed by atoms with E-state index in [1.54, 1.807) is 32.0 Å². The molecule has 0 atom stereocenters. The lowest BCUT2D eigenvalue weighted by molar-refractivity contribution is 0.185. The minimum atomic E-state index is -3.43. The van der Waals surface area contributed by atoms with Crippen LogP contribution in [0.4, 0.5) is 17.5 Å². The summed E-state index contributed by atoms with van der Waals surface area (Å²) in [7, 11) is -3.43. The van der Waals surface area contributed by atoms with Gasteiger partial charge in [0.15, 0.2) is 15.7 Å². The van der Waals surface area contributed by atoms with Crippen LogP contribution < -0.4 is 11.1 Å². The lowest BCUT2D eigenvalue weighted by Crippen LogP contribution is -2.35. The summed E-state index contributed by atoms with van der Waals surface area (Å²) in [5.41, 5.74) is 5.91. The van der Waals surface area contributed by atoms with Gasteiger partial charge in [0.05, 0.1) is 22.0 Å². The molecule has 0 radical (unpaired) electrons. The van der Waals surface area contributed by atoms with E-state index in [4.69, 9.17) is 17.3 Å². The van der Waals surface area contributed by atoms with Crippen molar-refractivity contribution in [1.29, 1.82) is 0 Å². The van der Waals surface area contributed by atoms with Gasteiger partial charge in [0.25, 0.3) is 0 Å². The summed E-state index contributed by atoms with van der Waals surface area (Å²) in [5.74, 6) is 0.307. The van der Waals surface area contributed by atoms with Crippen LogP contribution in [0.15, 0.2) is 35.4 Å². The van der Waals surface area contributed by atoms with Crippen LogP contribution in [0.25, 0.3) is 0 Å². The number of sulfone groups is 1. The van der Waals surface area contributed by atoms with Crippen LogP contribution in [0, 0.1) is 0 Å². The summed E-state index contributed by atoms with van der Waals surface area (Å²) in [6.07, 6.45) is 5.63. The Hall–Kier alpha value is -1.90. The molecule has 1 fully saturated rings. The number of halogens is 1. The highest BCUT2D eigenvalue weighted by atomic mass is 35.5. The average Bonchev–Trinajstić information content (AvgIpc) is 2.72. The largest absolute Gasteiger partial charge is 0.368 e. The first-order valence-electron chi connectivity index (χ1n) is 10.2. The van der Waals surface area contributed by atoms with Crippen LogP contribution >= 0.6 is 11.6 Å². The Kier molecular flexibility index (Phi) is 8.88. The number of nitrogens with zero attached hydrogens (tertiary/aromatic N) is 3. The number of rotatable bonds is 5. The van der Waals surface area contributed by atoms with Crippen molar-refractivity contribution in [1.82, 2.24) is 14.9 Å². The van der Waals surface area contributed by atoms with E-state index in [1.165, 1.54) is 44.6 Å². The maximum absolute atomic E-state index is 12.4. The summed E-state index contributed by atoms with van der Waals surface area (Å²) in [6, 6.07) is 7.33. The molecule has 2 aromatic rings. The number of piperidine rings is 1. The zero-order valence-electron chi connectivity index (χ0n) is 18.1. The van der Waals surface area contributed by atoms with Gasteiger partial charge in [-0.2, -0.15) is 4.98 Å². The molecule has 1 aromatic heterocycles. The molecule has 9 heteroatoms. The van der Waals surface area contributed by atoms with Crippen molar-refractivity contribution in [2.75, 3.05) is 24.1 Å². The van der Waals surface area contributed by atoms with Gasteiger partial charge in [0.1, 0.15) is 5.02 Å². The van der Waals surface area contributed by atoms with E-state index >= 15 is 0 Å². The summed E-state index contributed by atoms with van der Waals surface area (Å²) in [4.78, 5) is 10.5. The lowest BCUT2D eigenvalue weighted by Gasteiger charge is -2.29.